The van der Waals surface area contributed by atoms with Gasteiger partial charge >= 0.3 is 16.1 Å². The van der Waals surface area contributed by atoms with Gasteiger partial charge in [-0.05, 0) is 6.92 Å². The Morgan fingerprint density at radius 2 is 2.06 bits per heavy atom. The van der Waals surface area contributed by atoms with E-state index in [-0.39, 0.29) is 0 Å². The van der Waals surface area contributed by atoms with Crippen molar-refractivity contribution < 1.29 is 32.7 Å². The maximum atomic E-state index is 11.3. The van der Waals surface area contributed by atoms with E-state index in [0.29, 0.717) is 0 Å². The van der Waals surface area contributed by atoms with Crippen LogP contribution in [0.15, 0.2) is 24.8 Å². The summed E-state index contributed by atoms with van der Waals surface area (Å²) in [5.41, 5.74) is -0.989. The van der Waals surface area contributed by atoms with Crippen LogP contribution < -0.4 is 0 Å². The average molecular weight is 266 g/mol. The molecule has 0 aliphatic rings. The number of hydrogen-bond acceptors (Lipinski definition) is 5. The van der Waals surface area contributed by atoms with E-state index in [1.165, 1.54) is 0 Å². The predicted octanol–water partition coefficient (Wildman–Crippen LogP) is -0.205. The van der Waals surface area contributed by atoms with Crippen molar-refractivity contribution >= 4 is 16.1 Å². The van der Waals surface area contributed by atoms with Crippen molar-refractivity contribution in [3.05, 3.63) is 24.8 Å². The van der Waals surface area contributed by atoms with Crippen molar-refractivity contribution in [2.24, 2.45) is 0 Å². The molecule has 0 radical (unpaired) electrons. The molecule has 0 amide bonds. The summed E-state index contributed by atoms with van der Waals surface area (Å²) in [6, 6.07) is 0. The van der Waals surface area contributed by atoms with E-state index in [1.54, 1.807) is 0 Å². The van der Waals surface area contributed by atoms with Gasteiger partial charge in [0.05, 0.1) is 12.2 Å². The lowest BCUT2D eigenvalue weighted by Gasteiger charge is -2.32. The molecule has 3 N–H and O–H groups in total. The summed E-state index contributed by atoms with van der Waals surface area (Å²) in [6.07, 6.45) is -0.696. The van der Waals surface area contributed by atoms with Crippen LogP contribution in [0.3, 0.4) is 0 Å². The standard InChI is InChI=1S/C9H14O7S/c1-4-5-16-9(7(3)10,17(13,14)15)6(2)8(11)12/h4,7,10H,1-2,5H2,3H3,(H,11,12)(H,13,14,15). The highest BCUT2D eigenvalue weighted by Gasteiger charge is 2.54. The highest BCUT2D eigenvalue weighted by molar-refractivity contribution is 7.87. The Labute approximate surface area is 98.8 Å². The summed E-state index contributed by atoms with van der Waals surface area (Å²) >= 11 is 0. The van der Waals surface area contributed by atoms with E-state index < -0.39 is 39.3 Å². The summed E-state index contributed by atoms with van der Waals surface area (Å²) in [5.74, 6) is -1.72. The zero-order valence-corrected chi connectivity index (χ0v) is 9.98. The minimum Gasteiger partial charge on any atom is -0.478 e. The SMILES string of the molecule is C=CCOC(C(=C)C(=O)O)(C(C)O)S(=O)(=O)O. The number of aliphatic hydroxyl groups is 1. The first kappa shape index (κ1) is 15.8. The number of aliphatic hydroxyl groups excluding tert-OH is 1. The highest BCUT2D eigenvalue weighted by atomic mass is 32.2. The quantitative estimate of drug-likeness (QED) is 0.331. The van der Waals surface area contributed by atoms with Crippen LogP contribution in [-0.4, -0.2) is 46.8 Å². The van der Waals surface area contributed by atoms with E-state index in [0.717, 1.165) is 13.0 Å². The fourth-order valence-corrected chi connectivity index (χ4v) is 2.28. The number of rotatable bonds is 7. The maximum Gasteiger partial charge on any atom is 0.335 e. The fraction of sp³-hybridized carbons (Fsp3) is 0.444. The van der Waals surface area contributed by atoms with E-state index in [1.807, 2.05) is 0 Å². The third kappa shape index (κ3) is 2.91. The average Bonchev–Trinajstić information content (AvgIpc) is 2.15. The predicted molar refractivity (Wildman–Crippen MR) is 58.9 cm³/mol. The van der Waals surface area contributed by atoms with Crippen molar-refractivity contribution in [1.29, 1.82) is 0 Å². The molecule has 0 aromatic rings. The Morgan fingerprint density at radius 3 is 2.29 bits per heavy atom. The van der Waals surface area contributed by atoms with Crippen LogP contribution in [0.4, 0.5) is 0 Å². The van der Waals surface area contributed by atoms with Crippen LogP contribution in [0.25, 0.3) is 0 Å². The third-order valence-electron chi connectivity index (χ3n) is 2.03. The lowest BCUT2D eigenvalue weighted by molar-refractivity contribution is -0.136. The minimum atomic E-state index is -5.04. The first-order valence-electron chi connectivity index (χ1n) is 4.43. The van der Waals surface area contributed by atoms with E-state index in [2.05, 4.69) is 13.2 Å². The lowest BCUT2D eigenvalue weighted by Crippen LogP contribution is -2.53. The maximum absolute atomic E-state index is 11.3. The molecule has 0 aromatic heterocycles. The number of carboxylic acid groups (broad SMARTS) is 1. The van der Waals surface area contributed by atoms with Gasteiger partial charge in [0.1, 0.15) is 6.10 Å². The smallest absolute Gasteiger partial charge is 0.335 e. The highest BCUT2D eigenvalue weighted by Crippen LogP contribution is 2.31. The molecule has 0 aliphatic carbocycles. The molecule has 0 spiro atoms. The van der Waals surface area contributed by atoms with E-state index in [4.69, 9.17) is 14.4 Å². The van der Waals surface area contributed by atoms with Gasteiger partial charge < -0.3 is 14.9 Å². The Kier molecular flexibility index (Phi) is 5.02. The Morgan fingerprint density at radius 1 is 1.59 bits per heavy atom. The Hall–Kier alpha value is -1.22. The van der Waals surface area contributed by atoms with Crippen molar-refractivity contribution in [1.82, 2.24) is 0 Å². The minimum absolute atomic E-state index is 0.392. The molecule has 0 bridgehead atoms. The molecule has 98 valence electrons. The van der Waals surface area contributed by atoms with Gasteiger partial charge in [0.15, 0.2) is 0 Å². The molecule has 8 heteroatoms. The molecule has 0 saturated heterocycles. The molecule has 17 heavy (non-hydrogen) atoms. The van der Waals surface area contributed by atoms with Gasteiger partial charge in [-0.15, -0.1) is 6.58 Å². The Balaban J connectivity index is 5.83. The molecule has 7 nitrogen and oxygen atoms in total. The number of ether oxygens (including phenoxy) is 1. The molecule has 0 saturated carbocycles. The van der Waals surface area contributed by atoms with Crippen LogP contribution in [0.5, 0.6) is 0 Å². The lowest BCUT2D eigenvalue weighted by atomic mass is 10.1. The second kappa shape index (κ2) is 5.41. The van der Waals surface area contributed by atoms with Crippen LogP contribution in [0.1, 0.15) is 6.92 Å². The number of hydrogen-bond donors (Lipinski definition) is 3. The largest absolute Gasteiger partial charge is 0.478 e. The summed E-state index contributed by atoms with van der Waals surface area (Å²) in [5, 5.41) is 18.2. The van der Waals surface area contributed by atoms with Gasteiger partial charge in [0.2, 0.25) is 0 Å². The number of carbonyl (C=O) groups is 1. The molecule has 0 aromatic carbocycles. The first-order valence-corrected chi connectivity index (χ1v) is 5.87. The number of aliphatic carboxylic acids is 1. The van der Waals surface area contributed by atoms with Crippen LogP contribution in [0, 0.1) is 0 Å². The van der Waals surface area contributed by atoms with Crippen LogP contribution in [0.2, 0.25) is 0 Å². The monoisotopic (exact) mass is 266 g/mol. The molecule has 2 atom stereocenters. The third-order valence-corrected chi connectivity index (χ3v) is 3.50. The van der Waals surface area contributed by atoms with Crippen molar-refractivity contribution in [2.75, 3.05) is 6.61 Å². The summed E-state index contributed by atoms with van der Waals surface area (Å²) in [4.78, 5) is 7.96. The molecular weight excluding hydrogens is 252 g/mol. The number of carboxylic acids is 1. The first-order chi connectivity index (χ1) is 7.61. The summed E-state index contributed by atoms with van der Waals surface area (Å²) in [6.45, 7) is 6.83. The second-order valence-corrected chi connectivity index (χ2v) is 4.76. The molecule has 0 heterocycles. The van der Waals surface area contributed by atoms with Gasteiger partial charge in [-0.2, -0.15) is 8.42 Å². The van der Waals surface area contributed by atoms with Crippen molar-refractivity contribution in [3.8, 4) is 0 Å². The van der Waals surface area contributed by atoms with E-state index >= 15 is 0 Å². The molecule has 0 aliphatic heterocycles. The second-order valence-electron chi connectivity index (χ2n) is 3.20. The fourth-order valence-electron chi connectivity index (χ4n) is 1.24. The summed E-state index contributed by atoms with van der Waals surface area (Å²) in [7, 11) is -5.04. The van der Waals surface area contributed by atoms with Gasteiger partial charge in [-0.1, -0.05) is 12.7 Å². The van der Waals surface area contributed by atoms with Crippen molar-refractivity contribution in [2.45, 2.75) is 18.0 Å². The van der Waals surface area contributed by atoms with Gasteiger partial charge in [-0.3, -0.25) is 4.55 Å². The van der Waals surface area contributed by atoms with Gasteiger partial charge in [-0.25, -0.2) is 4.79 Å². The van der Waals surface area contributed by atoms with Gasteiger partial charge in [0.25, 0.3) is 4.93 Å². The van der Waals surface area contributed by atoms with Crippen molar-refractivity contribution in [3.63, 3.8) is 0 Å². The molecule has 2 unspecified atom stereocenters. The van der Waals surface area contributed by atoms with Crippen LogP contribution >= 0.6 is 0 Å². The van der Waals surface area contributed by atoms with E-state index in [9.17, 15) is 18.3 Å². The molecule has 0 fully saturated rings. The zero-order valence-electron chi connectivity index (χ0n) is 9.16. The molecule has 0 rings (SSSR count). The Bertz CT molecular complexity index is 423. The zero-order chi connectivity index (χ0) is 13.9. The molecular formula is C9H14O7S. The normalized spacial score (nSPS) is 16.9. The van der Waals surface area contributed by atoms with Crippen LogP contribution in [-0.2, 0) is 19.6 Å². The topological polar surface area (TPSA) is 121 Å². The van der Waals surface area contributed by atoms with Gasteiger partial charge in [0, 0.05) is 0 Å². The summed E-state index contributed by atoms with van der Waals surface area (Å²) < 4.78 is 36.3.